The summed E-state index contributed by atoms with van der Waals surface area (Å²) in [4.78, 5) is 13.3. The SMILES string of the molecule is CC(O)CN(C)C(=O)C1CCCS1. The first kappa shape index (κ1) is 10.9. The number of aliphatic hydroxyl groups excluding tert-OH is 1. The Hall–Kier alpha value is -0.220. The van der Waals surface area contributed by atoms with Crippen LogP contribution in [0, 0.1) is 0 Å². The van der Waals surface area contributed by atoms with E-state index < -0.39 is 6.10 Å². The third kappa shape index (κ3) is 3.19. The molecule has 0 saturated carbocycles. The van der Waals surface area contributed by atoms with Crippen LogP contribution in [0.2, 0.25) is 0 Å². The van der Waals surface area contributed by atoms with Crippen LogP contribution < -0.4 is 0 Å². The van der Waals surface area contributed by atoms with Crippen molar-refractivity contribution in [1.29, 1.82) is 0 Å². The molecule has 0 spiro atoms. The van der Waals surface area contributed by atoms with Gasteiger partial charge in [-0.15, -0.1) is 11.8 Å². The lowest BCUT2D eigenvalue weighted by molar-refractivity contribution is -0.130. The van der Waals surface area contributed by atoms with Crippen molar-refractivity contribution in [3.8, 4) is 0 Å². The van der Waals surface area contributed by atoms with E-state index in [-0.39, 0.29) is 11.2 Å². The molecule has 0 aromatic heterocycles. The maximum absolute atomic E-state index is 11.7. The van der Waals surface area contributed by atoms with Crippen molar-refractivity contribution in [2.45, 2.75) is 31.1 Å². The highest BCUT2D eigenvalue weighted by atomic mass is 32.2. The summed E-state index contributed by atoms with van der Waals surface area (Å²) in [6.45, 7) is 2.14. The van der Waals surface area contributed by atoms with Crippen LogP contribution in [0.3, 0.4) is 0 Å². The molecule has 0 aliphatic carbocycles. The quantitative estimate of drug-likeness (QED) is 0.735. The number of likely N-dealkylation sites (N-methyl/N-ethyl adjacent to an activating group) is 1. The second kappa shape index (κ2) is 4.86. The lowest BCUT2D eigenvalue weighted by atomic mass is 10.2. The predicted molar refractivity (Wildman–Crippen MR) is 54.8 cm³/mol. The lowest BCUT2D eigenvalue weighted by Crippen LogP contribution is -2.37. The summed E-state index contributed by atoms with van der Waals surface area (Å²) in [7, 11) is 1.76. The Balaban J connectivity index is 2.36. The molecule has 0 radical (unpaired) electrons. The number of nitrogens with zero attached hydrogens (tertiary/aromatic N) is 1. The number of amides is 1. The van der Waals surface area contributed by atoms with Gasteiger partial charge in [-0.25, -0.2) is 0 Å². The molecule has 3 nitrogen and oxygen atoms in total. The maximum Gasteiger partial charge on any atom is 0.235 e. The minimum absolute atomic E-state index is 0.142. The summed E-state index contributed by atoms with van der Waals surface area (Å²) in [5, 5.41) is 9.26. The predicted octanol–water partition coefficient (Wildman–Crippen LogP) is 0.721. The normalized spacial score (nSPS) is 24.4. The largest absolute Gasteiger partial charge is 0.392 e. The standard InChI is InChI=1S/C9H17NO2S/c1-7(11)6-10(2)9(12)8-4-3-5-13-8/h7-8,11H,3-6H2,1-2H3. The number of hydrogen-bond acceptors (Lipinski definition) is 3. The Morgan fingerprint density at radius 1 is 1.77 bits per heavy atom. The molecule has 1 N–H and O–H groups in total. The molecular formula is C9H17NO2S. The highest BCUT2D eigenvalue weighted by molar-refractivity contribution is 8.00. The third-order valence-corrected chi connectivity index (χ3v) is 3.48. The molecule has 0 bridgehead atoms. The van der Waals surface area contributed by atoms with Crippen LogP contribution in [-0.2, 0) is 4.79 Å². The average Bonchev–Trinajstić information content (AvgIpc) is 2.53. The average molecular weight is 203 g/mol. The Labute approximate surface area is 83.5 Å². The van der Waals surface area contributed by atoms with Crippen LogP contribution >= 0.6 is 11.8 Å². The van der Waals surface area contributed by atoms with Crippen molar-refractivity contribution in [3.63, 3.8) is 0 Å². The van der Waals surface area contributed by atoms with Gasteiger partial charge >= 0.3 is 0 Å². The van der Waals surface area contributed by atoms with Crippen molar-refractivity contribution in [3.05, 3.63) is 0 Å². The van der Waals surface area contributed by atoms with Crippen molar-refractivity contribution in [2.24, 2.45) is 0 Å². The molecule has 1 rings (SSSR count). The van der Waals surface area contributed by atoms with Gasteiger partial charge < -0.3 is 10.0 Å². The molecule has 0 aromatic carbocycles. The Morgan fingerprint density at radius 2 is 2.46 bits per heavy atom. The highest BCUT2D eigenvalue weighted by Crippen LogP contribution is 2.27. The lowest BCUT2D eigenvalue weighted by Gasteiger charge is -2.21. The van der Waals surface area contributed by atoms with E-state index in [1.807, 2.05) is 0 Å². The van der Waals surface area contributed by atoms with Gasteiger partial charge in [0.25, 0.3) is 0 Å². The fourth-order valence-electron chi connectivity index (χ4n) is 1.50. The third-order valence-electron chi connectivity index (χ3n) is 2.12. The molecule has 1 amide bonds. The summed E-state index contributed by atoms with van der Waals surface area (Å²) in [6, 6.07) is 0. The van der Waals surface area contributed by atoms with Crippen molar-refractivity contribution < 1.29 is 9.90 Å². The summed E-state index contributed by atoms with van der Waals surface area (Å²) >= 11 is 1.73. The van der Waals surface area contributed by atoms with Crippen molar-refractivity contribution >= 4 is 17.7 Å². The first-order valence-corrected chi connectivity index (χ1v) is 5.71. The van der Waals surface area contributed by atoms with E-state index >= 15 is 0 Å². The van der Waals surface area contributed by atoms with Gasteiger partial charge in [-0.3, -0.25) is 4.79 Å². The molecule has 0 aromatic rings. The molecule has 1 heterocycles. The summed E-state index contributed by atoms with van der Waals surface area (Å²) in [5.41, 5.74) is 0. The Morgan fingerprint density at radius 3 is 2.92 bits per heavy atom. The second-order valence-corrected chi connectivity index (χ2v) is 4.88. The van der Waals surface area contributed by atoms with Gasteiger partial charge in [0.1, 0.15) is 0 Å². The van der Waals surface area contributed by atoms with Crippen LogP contribution in [0.25, 0.3) is 0 Å². The van der Waals surface area contributed by atoms with Gasteiger partial charge in [-0.2, -0.15) is 0 Å². The summed E-state index contributed by atoms with van der Waals surface area (Å²) in [6.07, 6.45) is 1.71. The van der Waals surface area contributed by atoms with E-state index in [9.17, 15) is 4.79 Å². The smallest absolute Gasteiger partial charge is 0.235 e. The van der Waals surface area contributed by atoms with Crippen LogP contribution in [0.4, 0.5) is 0 Å². The van der Waals surface area contributed by atoms with E-state index in [1.54, 1.807) is 30.6 Å². The Bertz CT molecular complexity index is 178. The number of carbonyl (C=O) groups excluding carboxylic acids is 1. The van der Waals surface area contributed by atoms with Gasteiger partial charge in [0, 0.05) is 13.6 Å². The van der Waals surface area contributed by atoms with E-state index in [0.29, 0.717) is 6.54 Å². The minimum Gasteiger partial charge on any atom is -0.392 e. The van der Waals surface area contributed by atoms with Gasteiger partial charge in [0.05, 0.1) is 11.4 Å². The van der Waals surface area contributed by atoms with Crippen LogP contribution in [0.1, 0.15) is 19.8 Å². The van der Waals surface area contributed by atoms with Crippen molar-refractivity contribution in [1.82, 2.24) is 4.90 Å². The van der Waals surface area contributed by atoms with Gasteiger partial charge in [-0.05, 0) is 25.5 Å². The summed E-state index contributed by atoms with van der Waals surface area (Å²) in [5.74, 6) is 1.27. The second-order valence-electron chi connectivity index (χ2n) is 3.57. The van der Waals surface area contributed by atoms with Gasteiger partial charge in [0.15, 0.2) is 0 Å². The van der Waals surface area contributed by atoms with E-state index in [2.05, 4.69) is 0 Å². The fraction of sp³-hybridized carbons (Fsp3) is 0.889. The first-order valence-electron chi connectivity index (χ1n) is 4.66. The minimum atomic E-state index is -0.430. The molecular weight excluding hydrogens is 186 g/mol. The molecule has 76 valence electrons. The molecule has 4 heteroatoms. The van der Waals surface area contributed by atoms with Crippen LogP contribution in [0.15, 0.2) is 0 Å². The molecule has 1 aliphatic rings. The zero-order chi connectivity index (χ0) is 9.84. The molecule has 1 saturated heterocycles. The number of carbonyl (C=O) groups is 1. The molecule has 1 fully saturated rings. The van der Waals surface area contributed by atoms with E-state index in [0.717, 1.165) is 18.6 Å². The first-order chi connectivity index (χ1) is 6.11. The number of thioether (sulfide) groups is 1. The molecule has 2 unspecified atom stereocenters. The highest BCUT2D eigenvalue weighted by Gasteiger charge is 2.26. The van der Waals surface area contributed by atoms with Gasteiger partial charge in [-0.1, -0.05) is 0 Å². The van der Waals surface area contributed by atoms with Crippen LogP contribution in [-0.4, -0.2) is 46.6 Å². The Kier molecular flexibility index (Phi) is 4.06. The summed E-state index contributed by atoms with van der Waals surface area (Å²) < 4.78 is 0. The molecule has 13 heavy (non-hydrogen) atoms. The number of aliphatic hydroxyl groups is 1. The monoisotopic (exact) mass is 203 g/mol. The van der Waals surface area contributed by atoms with E-state index in [1.165, 1.54) is 0 Å². The van der Waals surface area contributed by atoms with Gasteiger partial charge in [0.2, 0.25) is 5.91 Å². The maximum atomic E-state index is 11.7. The fourth-order valence-corrected chi connectivity index (χ4v) is 2.78. The number of hydrogen-bond donors (Lipinski definition) is 1. The zero-order valence-electron chi connectivity index (χ0n) is 8.19. The number of rotatable bonds is 3. The topological polar surface area (TPSA) is 40.5 Å². The van der Waals surface area contributed by atoms with E-state index in [4.69, 9.17) is 5.11 Å². The zero-order valence-corrected chi connectivity index (χ0v) is 9.01. The van der Waals surface area contributed by atoms with Crippen molar-refractivity contribution in [2.75, 3.05) is 19.3 Å². The van der Waals surface area contributed by atoms with Crippen LogP contribution in [0.5, 0.6) is 0 Å². The molecule has 2 atom stereocenters. The molecule has 1 aliphatic heterocycles.